The molecule has 1 aliphatic rings. The van der Waals surface area contributed by atoms with Gasteiger partial charge in [0.15, 0.2) is 0 Å². The van der Waals surface area contributed by atoms with Crippen LogP contribution in [0.4, 0.5) is 0 Å². The van der Waals surface area contributed by atoms with E-state index >= 15 is 0 Å². The van der Waals surface area contributed by atoms with Gasteiger partial charge < -0.3 is 10.6 Å². The van der Waals surface area contributed by atoms with Gasteiger partial charge >= 0.3 is 0 Å². The van der Waals surface area contributed by atoms with Crippen molar-refractivity contribution in [3.8, 4) is 0 Å². The summed E-state index contributed by atoms with van der Waals surface area (Å²) in [4.78, 5) is 9.85. The molecule has 3 nitrogen and oxygen atoms in total. The number of amides is 1. The van der Waals surface area contributed by atoms with Gasteiger partial charge in [-0.3, -0.25) is 4.79 Å². The molecule has 0 aliphatic carbocycles. The molecule has 1 saturated heterocycles. The van der Waals surface area contributed by atoms with Gasteiger partial charge in [-0.15, -0.1) is 0 Å². The lowest BCUT2D eigenvalue weighted by Gasteiger charge is -2.39. The van der Waals surface area contributed by atoms with Gasteiger partial charge in [0.1, 0.15) is 0 Å². The highest BCUT2D eigenvalue weighted by Gasteiger charge is 2.29. The van der Waals surface area contributed by atoms with Gasteiger partial charge in [-0.25, -0.2) is 0 Å². The highest BCUT2D eigenvalue weighted by molar-refractivity contribution is 5.46. The van der Waals surface area contributed by atoms with Gasteiger partial charge in [0.25, 0.3) is 0 Å². The maximum absolute atomic E-state index is 9.85. The van der Waals surface area contributed by atoms with E-state index in [-0.39, 0.29) is 5.54 Å². The summed E-state index contributed by atoms with van der Waals surface area (Å²) in [7, 11) is 0. The number of carbonyl (C=O) groups excluding carboxylic acids is 1. The lowest BCUT2D eigenvalue weighted by Crippen LogP contribution is -2.59. The molecule has 1 fully saturated rings. The van der Waals surface area contributed by atoms with E-state index in [9.17, 15) is 4.79 Å². The topological polar surface area (TPSA) is 41.1 Å². The molecule has 52 valence electrons. The molecule has 1 amide bonds. The summed E-state index contributed by atoms with van der Waals surface area (Å²) in [6.07, 6.45) is 1.90. The van der Waals surface area contributed by atoms with E-state index in [2.05, 4.69) is 17.6 Å². The molecular formula is C6H12N2O. The van der Waals surface area contributed by atoms with Crippen LogP contribution < -0.4 is 10.6 Å². The second kappa shape index (κ2) is 2.35. The number of carbonyl (C=O) groups is 1. The minimum Gasteiger partial charge on any atom is -0.357 e. The Morgan fingerprint density at radius 3 is 2.89 bits per heavy atom. The van der Waals surface area contributed by atoms with E-state index in [1.54, 1.807) is 0 Å². The third-order valence-electron chi connectivity index (χ3n) is 1.80. The summed E-state index contributed by atoms with van der Waals surface area (Å²) in [6, 6.07) is 0. The molecule has 0 saturated carbocycles. The Labute approximate surface area is 54.8 Å². The van der Waals surface area contributed by atoms with Crippen LogP contribution >= 0.6 is 0 Å². The molecule has 0 aromatic rings. The molecule has 0 aromatic heterocycles. The summed E-state index contributed by atoms with van der Waals surface area (Å²) >= 11 is 0. The van der Waals surface area contributed by atoms with E-state index in [0.717, 1.165) is 25.9 Å². The van der Waals surface area contributed by atoms with Crippen LogP contribution in [-0.2, 0) is 4.79 Å². The molecule has 3 heteroatoms. The predicted octanol–water partition coefficient (Wildman–Crippen LogP) is -0.516. The fourth-order valence-corrected chi connectivity index (χ4v) is 0.970. The minimum absolute atomic E-state index is 0.181. The van der Waals surface area contributed by atoms with Crippen LogP contribution in [-0.4, -0.2) is 25.0 Å². The summed E-state index contributed by atoms with van der Waals surface area (Å²) < 4.78 is 0. The first-order chi connectivity index (χ1) is 4.27. The SMILES string of the molecule is CC1(CNC=O)CCN1. The van der Waals surface area contributed by atoms with E-state index in [0.29, 0.717) is 0 Å². The summed E-state index contributed by atoms with van der Waals surface area (Å²) in [5.74, 6) is 0. The van der Waals surface area contributed by atoms with E-state index in [4.69, 9.17) is 0 Å². The second-order valence-electron chi connectivity index (χ2n) is 2.74. The Morgan fingerprint density at radius 1 is 1.89 bits per heavy atom. The predicted molar refractivity (Wildman–Crippen MR) is 35.1 cm³/mol. The summed E-state index contributed by atoms with van der Waals surface area (Å²) in [6.45, 7) is 3.93. The molecular weight excluding hydrogens is 116 g/mol. The van der Waals surface area contributed by atoms with Crippen molar-refractivity contribution in [2.24, 2.45) is 0 Å². The minimum atomic E-state index is 0.181. The zero-order chi connectivity index (χ0) is 6.74. The Morgan fingerprint density at radius 2 is 2.56 bits per heavy atom. The van der Waals surface area contributed by atoms with Gasteiger partial charge in [-0.05, 0) is 19.9 Å². The fraction of sp³-hybridized carbons (Fsp3) is 0.833. The van der Waals surface area contributed by atoms with Crippen LogP contribution in [0.1, 0.15) is 13.3 Å². The molecule has 0 bridgehead atoms. The number of hydrogen-bond donors (Lipinski definition) is 2. The van der Waals surface area contributed by atoms with Crippen LogP contribution in [0, 0.1) is 0 Å². The van der Waals surface area contributed by atoms with Crippen LogP contribution in [0.2, 0.25) is 0 Å². The Kier molecular flexibility index (Phi) is 1.71. The zero-order valence-electron chi connectivity index (χ0n) is 5.61. The molecule has 0 aromatic carbocycles. The fourth-order valence-electron chi connectivity index (χ4n) is 0.970. The largest absolute Gasteiger partial charge is 0.357 e. The van der Waals surface area contributed by atoms with Crippen molar-refractivity contribution >= 4 is 6.41 Å². The van der Waals surface area contributed by atoms with E-state index in [1.165, 1.54) is 0 Å². The van der Waals surface area contributed by atoms with Gasteiger partial charge in [-0.2, -0.15) is 0 Å². The highest BCUT2D eigenvalue weighted by atomic mass is 16.1. The number of nitrogens with one attached hydrogen (secondary N) is 2. The van der Waals surface area contributed by atoms with Crippen molar-refractivity contribution in [1.29, 1.82) is 0 Å². The molecule has 0 spiro atoms. The second-order valence-corrected chi connectivity index (χ2v) is 2.74. The highest BCUT2D eigenvalue weighted by Crippen LogP contribution is 2.15. The first-order valence-corrected chi connectivity index (χ1v) is 3.19. The standard InChI is InChI=1S/C6H12N2O/c1-6(2-3-8-6)4-7-5-9/h5,8H,2-4H2,1H3,(H,7,9). The third kappa shape index (κ3) is 1.42. The van der Waals surface area contributed by atoms with Crippen LogP contribution in [0.25, 0.3) is 0 Å². The normalized spacial score (nSPS) is 33.0. The van der Waals surface area contributed by atoms with Crippen LogP contribution in [0.15, 0.2) is 0 Å². The lowest BCUT2D eigenvalue weighted by atomic mass is 9.90. The molecule has 1 rings (SSSR count). The van der Waals surface area contributed by atoms with Crippen molar-refractivity contribution in [1.82, 2.24) is 10.6 Å². The molecule has 1 atom stereocenters. The van der Waals surface area contributed by atoms with Gasteiger partial charge in [0.2, 0.25) is 6.41 Å². The van der Waals surface area contributed by atoms with Crippen molar-refractivity contribution in [2.75, 3.05) is 13.1 Å². The van der Waals surface area contributed by atoms with Crippen LogP contribution in [0.5, 0.6) is 0 Å². The maximum atomic E-state index is 9.85. The number of rotatable bonds is 3. The Hall–Kier alpha value is -0.570. The average Bonchev–Trinajstić information content (AvgIpc) is 1.79. The van der Waals surface area contributed by atoms with Crippen molar-refractivity contribution in [3.05, 3.63) is 0 Å². The number of hydrogen-bond acceptors (Lipinski definition) is 2. The monoisotopic (exact) mass is 128 g/mol. The first kappa shape index (κ1) is 6.55. The van der Waals surface area contributed by atoms with Crippen molar-refractivity contribution < 1.29 is 4.79 Å². The smallest absolute Gasteiger partial charge is 0.207 e. The summed E-state index contributed by atoms with van der Waals surface area (Å²) in [5, 5.41) is 5.88. The zero-order valence-corrected chi connectivity index (χ0v) is 5.61. The molecule has 1 aliphatic heterocycles. The van der Waals surface area contributed by atoms with Gasteiger partial charge in [-0.1, -0.05) is 0 Å². The first-order valence-electron chi connectivity index (χ1n) is 3.19. The molecule has 1 heterocycles. The van der Waals surface area contributed by atoms with Crippen LogP contribution in [0.3, 0.4) is 0 Å². The average molecular weight is 128 g/mol. The maximum Gasteiger partial charge on any atom is 0.207 e. The molecule has 0 radical (unpaired) electrons. The van der Waals surface area contributed by atoms with Gasteiger partial charge in [0, 0.05) is 12.1 Å². The quantitative estimate of drug-likeness (QED) is 0.502. The van der Waals surface area contributed by atoms with E-state index < -0.39 is 0 Å². The lowest BCUT2D eigenvalue weighted by molar-refractivity contribution is -0.109. The van der Waals surface area contributed by atoms with Gasteiger partial charge in [0.05, 0.1) is 0 Å². The van der Waals surface area contributed by atoms with Crippen molar-refractivity contribution in [3.63, 3.8) is 0 Å². The third-order valence-corrected chi connectivity index (χ3v) is 1.80. The molecule has 9 heavy (non-hydrogen) atoms. The Bertz CT molecular complexity index is 110. The summed E-state index contributed by atoms with van der Waals surface area (Å²) in [5.41, 5.74) is 0.181. The molecule has 1 unspecified atom stereocenters. The molecule has 2 N–H and O–H groups in total. The van der Waals surface area contributed by atoms with Crippen molar-refractivity contribution in [2.45, 2.75) is 18.9 Å². The van der Waals surface area contributed by atoms with E-state index in [1.807, 2.05) is 0 Å². The Balaban J connectivity index is 2.16.